The monoisotopic (exact) mass is 277 g/mol. The van der Waals surface area contributed by atoms with Crippen LogP contribution >= 0.6 is 23.5 Å². The molecule has 2 atom stereocenters. The van der Waals surface area contributed by atoms with E-state index in [1.165, 1.54) is 24.3 Å². The summed E-state index contributed by atoms with van der Waals surface area (Å²) < 4.78 is 0. The van der Waals surface area contributed by atoms with Gasteiger partial charge in [-0.05, 0) is 43.4 Å². The van der Waals surface area contributed by atoms with Crippen molar-refractivity contribution in [2.45, 2.75) is 37.5 Å². The molecule has 1 amide bonds. The number of aliphatic hydroxyl groups is 1. The van der Waals surface area contributed by atoms with E-state index in [1.54, 1.807) is 11.8 Å². The van der Waals surface area contributed by atoms with Crippen LogP contribution in [0.4, 0.5) is 0 Å². The van der Waals surface area contributed by atoms with Crippen LogP contribution in [0.15, 0.2) is 0 Å². The Morgan fingerprint density at radius 3 is 2.71 bits per heavy atom. The molecule has 0 aliphatic carbocycles. The number of aliphatic hydroxyl groups excluding tert-OH is 1. The Balaban J connectivity index is 2.27. The van der Waals surface area contributed by atoms with E-state index in [-0.39, 0.29) is 23.8 Å². The van der Waals surface area contributed by atoms with Gasteiger partial charge in [0.2, 0.25) is 5.91 Å². The normalized spacial score (nSPS) is 20.9. The van der Waals surface area contributed by atoms with Crippen molar-refractivity contribution in [1.82, 2.24) is 5.32 Å². The van der Waals surface area contributed by atoms with Gasteiger partial charge in [-0.1, -0.05) is 0 Å². The summed E-state index contributed by atoms with van der Waals surface area (Å²) in [6.07, 6.45) is 4.94. The minimum Gasteiger partial charge on any atom is -0.395 e. The fourth-order valence-electron chi connectivity index (χ4n) is 2.06. The second-order valence-corrected chi connectivity index (χ2v) is 6.87. The summed E-state index contributed by atoms with van der Waals surface area (Å²) in [5.74, 6) is 3.09. The number of nitrogens with one attached hydrogen (secondary N) is 1. The summed E-state index contributed by atoms with van der Waals surface area (Å²) in [5.41, 5.74) is 0. The van der Waals surface area contributed by atoms with E-state index < -0.39 is 0 Å². The van der Waals surface area contributed by atoms with Gasteiger partial charge in [-0.3, -0.25) is 4.79 Å². The SMILES string of the molecule is CSC(CO)C(C)NC(=O)CC1CCSCC1. The molecule has 1 rings (SSSR count). The molecule has 0 bridgehead atoms. The second-order valence-electron chi connectivity index (χ2n) is 4.57. The van der Waals surface area contributed by atoms with Crippen molar-refractivity contribution in [3.8, 4) is 0 Å². The molecule has 1 aliphatic rings. The van der Waals surface area contributed by atoms with Crippen molar-refractivity contribution in [2.75, 3.05) is 24.4 Å². The summed E-state index contributed by atoms with van der Waals surface area (Å²) in [4.78, 5) is 11.8. The molecule has 100 valence electrons. The van der Waals surface area contributed by atoms with Crippen molar-refractivity contribution in [2.24, 2.45) is 5.92 Å². The van der Waals surface area contributed by atoms with Crippen LogP contribution < -0.4 is 5.32 Å². The summed E-state index contributed by atoms with van der Waals surface area (Å²) in [6.45, 7) is 2.08. The first-order chi connectivity index (χ1) is 8.17. The highest BCUT2D eigenvalue weighted by atomic mass is 32.2. The van der Waals surface area contributed by atoms with Gasteiger partial charge in [0.25, 0.3) is 0 Å². The predicted octanol–water partition coefficient (Wildman–Crippen LogP) is 1.75. The van der Waals surface area contributed by atoms with Gasteiger partial charge in [0.05, 0.1) is 6.61 Å². The molecule has 2 unspecified atom stereocenters. The summed E-state index contributed by atoms with van der Waals surface area (Å²) in [7, 11) is 0. The molecule has 1 saturated heterocycles. The molecule has 5 heteroatoms. The summed E-state index contributed by atoms with van der Waals surface area (Å²) in [5, 5.41) is 12.3. The first kappa shape index (κ1) is 15.2. The van der Waals surface area contributed by atoms with Crippen LogP contribution in [0.3, 0.4) is 0 Å². The summed E-state index contributed by atoms with van der Waals surface area (Å²) in [6, 6.07) is 0.0421. The quantitative estimate of drug-likeness (QED) is 0.776. The Labute approximate surface area is 112 Å². The largest absolute Gasteiger partial charge is 0.395 e. The number of hydrogen-bond acceptors (Lipinski definition) is 4. The molecule has 2 N–H and O–H groups in total. The minimum atomic E-state index is 0.0421. The molecule has 3 nitrogen and oxygen atoms in total. The number of rotatable bonds is 6. The van der Waals surface area contributed by atoms with E-state index >= 15 is 0 Å². The number of hydrogen-bond donors (Lipinski definition) is 2. The van der Waals surface area contributed by atoms with Crippen molar-refractivity contribution in [1.29, 1.82) is 0 Å². The third-order valence-electron chi connectivity index (χ3n) is 3.24. The van der Waals surface area contributed by atoms with Gasteiger partial charge in [-0.2, -0.15) is 23.5 Å². The van der Waals surface area contributed by atoms with E-state index in [0.29, 0.717) is 12.3 Å². The Kier molecular flexibility index (Phi) is 7.39. The van der Waals surface area contributed by atoms with E-state index in [9.17, 15) is 4.79 Å². The van der Waals surface area contributed by atoms with Crippen LogP contribution in [0.1, 0.15) is 26.2 Å². The van der Waals surface area contributed by atoms with Gasteiger partial charge in [0.15, 0.2) is 0 Å². The van der Waals surface area contributed by atoms with Crippen LogP contribution in [-0.2, 0) is 4.79 Å². The highest BCUT2D eigenvalue weighted by Crippen LogP contribution is 2.25. The third kappa shape index (κ3) is 5.53. The molecule has 0 aromatic heterocycles. The van der Waals surface area contributed by atoms with Crippen LogP contribution in [0.25, 0.3) is 0 Å². The van der Waals surface area contributed by atoms with E-state index in [0.717, 1.165) is 0 Å². The molecular formula is C12H23NO2S2. The second kappa shape index (κ2) is 8.27. The Hall–Kier alpha value is 0.130. The third-order valence-corrected chi connectivity index (χ3v) is 5.46. The fraction of sp³-hybridized carbons (Fsp3) is 0.917. The number of carbonyl (C=O) groups is 1. The molecule has 0 spiro atoms. The molecule has 1 heterocycles. The van der Waals surface area contributed by atoms with Crippen molar-refractivity contribution >= 4 is 29.4 Å². The maximum atomic E-state index is 11.8. The lowest BCUT2D eigenvalue weighted by Gasteiger charge is -2.24. The van der Waals surface area contributed by atoms with E-state index in [2.05, 4.69) is 5.32 Å². The molecule has 0 aromatic rings. The van der Waals surface area contributed by atoms with Crippen molar-refractivity contribution in [3.05, 3.63) is 0 Å². The number of amides is 1. The maximum absolute atomic E-state index is 11.8. The Morgan fingerprint density at radius 2 is 2.18 bits per heavy atom. The van der Waals surface area contributed by atoms with E-state index in [1.807, 2.05) is 24.9 Å². The van der Waals surface area contributed by atoms with Gasteiger partial charge >= 0.3 is 0 Å². The Morgan fingerprint density at radius 1 is 1.53 bits per heavy atom. The molecule has 1 aliphatic heterocycles. The molecule has 0 radical (unpaired) electrons. The molecule has 1 fully saturated rings. The van der Waals surface area contributed by atoms with Gasteiger partial charge in [0.1, 0.15) is 0 Å². The lowest BCUT2D eigenvalue weighted by Crippen LogP contribution is -2.41. The lowest BCUT2D eigenvalue weighted by atomic mass is 9.98. The molecule has 17 heavy (non-hydrogen) atoms. The first-order valence-electron chi connectivity index (χ1n) is 6.18. The zero-order valence-corrected chi connectivity index (χ0v) is 12.3. The number of thioether (sulfide) groups is 2. The molecule has 0 aromatic carbocycles. The van der Waals surface area contributed by atoms with Gasteiger partial charge in [-0.25, -0.2) is 0 Å². The smallest absolute Gasteiger partial charge is 0.220 e. The van der Waals surface area contributed by atoms with Crippen LogP contribution in [-0.4, -0.2) is 46.7 Å². The fourth-order valence-corrected chi connectivity index (χ4v) is 3.88. The topological polar surface area (TPSA) is 49.3 Å². The highest BCUT2D eigenvalue weighted by Gasteiger charge is 2.21. The Bertz CT molecular complexity index is 229. The number of carbonyl (C=O) groups excluding carboxylic acids is 1. The first-order valence-corrected chi connectivity index (χ1v) is 8.62. The molecular weight excluding hydrogens is 254 g/mol. The average molecular weight is 277 g/mol. The predicted molar refractivity (Wildman–Crippen MR) is 76.7 cm³/mol. The van der Waals surface area contributed by atoms with Crippen molar-refractivity contribution < 1.29 is 9.90 Å². The van der Waals surface area contributed by atoms with Crippen molar-refractivity contribution in [3.63, 3.8) is 0 Å². The zero-order chi connectivity index (χ0) is 12.7. The average Bonchev–Trinajstić information content (AvgIpc) is 2.31. The van der Waals surface area contributed by atoms with E-state index in [4.69, 9.17) is 5.11 Å². The van der Waals surface area contributed by atoms with Gasteiger partial charge in [-0.15, -0.1) is 0 Å². The van der Waals surface area contributed by atoms with Crippen LogP contribution in [0, 0.1) is 5.92 Å². The highest BCUT2D eigenvalue weighted by molar-refractivity contribution is 7.99. The standard InChI is InChI=1S/C12H23NO2S2/c1-9(11(8-14)16-2)13-12(15)7-10-3-5-17-6-4-10/h9-11,14H,3-8H2,1-2H3,(H,13,15). The van der Waals surface area contributed by atoms with Crippen LogP contribution in [0.5, 0.6) is 0 Å². The molecule has 0 saturated carbocycles. The zero-order valence-electron chi connectivity index (χ0n) is 10.6. The summed E-state index contributed by atoms with van der Waals surface area (Å²) >= 11 is 3.58. The lowest BCUT2D eigenvalue weighted by molar-refractivity contribution is -0.122. The van der Waals surface area contributed by atoms with Crippen LogP contribution in [0.2, 0.25) is 0 Å². The van der Waals surface area contributed by atoms with Gasteiger partial charge < -0.3 is 10.4 Å². The minimum absolute atomic E-state index is 0.0421. The maximum Gasteiger partial charge on any atom is 0.220 e. The van der Waals surface area contributed by atoms with Gasteiger partial charge in [0, 0.05) is 17.7 Å².